The maximum Gasteiger partial charge on any atom is 0.296 e. The Morgan fingerprint density at radius 3 is 2.30 bits per heavy atom. The highest BCUT2D eigenvalue weighted by Gasteiger charge is 2.28. The lowest BCUT2D eigenvalue weighted by molar-refractivity contribution is -0.112. The third-order valence-electron chi connectivity index (χ3n) is 3.29. The van der Waals surface area contributed by atoms with E-state index in [2.05, 4.69) is 5.32 Å². The highest BCUT2D eigenvalue weighted by Crippen LogP contribution is 2.25. The number of ketones is 2. The van der Waals surface area contributed by atoms with Gasteiger partial charge in [0.25, 0.3) is 11.7 Å². The van der Waals surface area contributed by atoms with Crippen LogP contribution in [-0.2, 0) is 4.79 Å². The minimum atomic E-state index is -0.653. The summed E-state index contributed by atoms with van der Waals surface area (Å²) in [7, 11) is 0. The van der Waals surface area contributed by atoms with Crippen molar-refractivity contribution in [3.8, 4) is 0 Å². The number of aryl methyl sites for hydroxylation is 1. The lowest BCUT2D eigenvalue weighted by Gasteiger charge is -2.04. The summed E-state index contributed by atoms with van der Waals surface area (Å²) in [6.45, 7) is 1.95. The Hall–Kier alpha value is -2.75. The molecule has 0 unspecified atom stereocenters. The van der Waals surface area contributed by atoms with Gasteiger partial charge in [-0.25, -0.2) is 0 Å². The van der Waals surface area contributed by atoms with Gasteiger partial charge >= 0.3 is 0 Å². The zero-order valence-corrected chi connectivity index (χ0v) is 10.8. The molecule has 0 fully saturated rings. The lowest BCUT2D eigenvalue weighted by Crippen LogP contribution is -2.12. The predicted molar refractivity (Wildman–Crippen MR) is 74.0 cm³/mol. The van der Waals surface area contributed by atoms with E-state index >= 15 is 0 Å². The minimum Gasteiger partial charge on any atom is -0.318 e. The van der Waals surface area contributed by atoms with Crippen molar-refractivity contribution < 1.29 is 14.4 Å². The summed E-state index contributed by atoms with van der Waals surface area (Å²) in [5, 5.41) is 2.46. The van der Waals surface area contributed by atoms with Crippen molar-refractivity contribution in [2.45, 2.75) is 6.92 Å². The zero-order valence-electron chi connectivity index (χ0n) is 10.8. The van der Waals surface area contributed by atoms with Crippen LogP contribution in [0.5, 0.6) is 0 Å². The fraction of sp³-hybridized carbons (Fsp3) is 0.0625. The molecule has 4 nitrogen and oxygen atoms in total. The molecule has 2 aromatic carbocycles. The highest BCUT2D eigenvalue weighted by atomic mass is 16.2. The van der Waals surface area contributed by atoms with Crippen LogP contribution in [0.15, 0.2) is 42.5 Å². The number of hydrogen-bond donors (Lipinski definition) is 1. The van der Waals surface area contributed by atoms with Crippen LogP contribution < -0.4 is 5.32 Å². The summed E-state index contributed by atoms with van der Waals surface area (Å²) in [4.78, 5) is 35.1. The van der Waals surface area contributed by atoms with E-state index in [1.54, 1.807) is 24.3 Å². The van der Waals surface area contributed by atoms with Crippen LogP contribution in [0.1, 0.15) is 31.8 Å². The molecule has 0 saturated heterocycles. The molecule has 0 spiro atoms. The lowest BCUT2D eigenvalue weighted by atomic mass is 10.00. The van der Waals surface area contributed by atoms with Crippen molar-refractivity contribution in [1.82, 2.24) is 0 Å². The molecule has 0 radical (unpaired) electrons. The molecule has 4 heteroatoms. The number of carbonyl (C=O) groups excluding carboxylic acids is 3. The first-order valence-corrected chi connectivity index (χ1v) is 6.17. The fourth-order valence-corrected chi connectivity index (χ4v) is 2.16. The van der Waals surface area contributed by atoms with Crippen LogP contribution in [0, 0.1) is 6.92 Å². The molecule has 3 rings (SSSR count). The van der Waals surface area contributed by atoms with Crippen molar-refractivity contribution in [3.05, 3.63) is 64.7 Å². The van der Waals surface area contributed by atoms with E-state index in [9.17, 15) is 14.4 Å². The Balaban J connectivity index is 1.98. The average Bonchev–Trinajstić information content (AvgIpc) is 2.74. The molecule has 1 heterocycles. The van der Waals surface area contributed by atoms with E-state index in [4.69, 9.17) is 0 Å². The largest absolute Gasteiger partial charge is 0.318 e. The molecule has 0 bridgehead atoms. The molecule has 1 aliphatic heterocycles. The van der Waals surface area contributed by atoms with E-state index in [1.807, 2.05) is 19.1 Å². The summed E-state index contributed by atoms with van der Waals surface area (Å²) in [5.41, 5.74) is 2.82. The maximum atomic E-state index is 12.3. The monoisotopic (exact) mass is 265 g/mol. The number of Topliss-reactive ketones (excluding diaryl/α,β-unsaturated/α-hetero) is 1. The second-order valence-corrected chi connectivity index (χ2v) is 4.74. The first-order chi connectivity index (χ1) is 9.56. The Labute approximate surface area is 115 Å². The summed E-state index contributed by atoms with van der Waals surface area (Å²) in [6.07, 6.45) is 0. The molecule has 20 heavy (non-hydrogen) atoms. The van der Waals surface area contributed by atoms with Crippen LogP contribution in [0.3, 0.4) is 0 Å². The van der Waals surface area contributed by atoms with Gasteiger partial charge in [-0.1, -0.05) is 35.9 Å². The number of rotatable bonds is 2. The van der Waals surface area contributed by atoms with Gasteiger partial charge in [0, 0.05) is 11.1 Å². The predicted octanol–water partition coefficient (Wildman–Crippen LogP) is 2.36. The number of hydrogen-bond acceptors (Lipinski definition) is 3. The highest BCUT2D eigenvalue weighted by molar-refractivity contribution is 6.51. The van der Waals surface area contributed by atoms with Crippen LogP contribution in [0.2, 0.25) is 0 Å². The van der Waals surface area contributed by atoms with Gasteiger partial charge < -0.3 is 5.32 Å². The number of carbonyl (C=O) groups is 3. The average molecular weight is 265 g/mol. The normalized spacial score (nSPS) is 13.1. The first-order valence-electron chi connectivity index (χ1n) is 6.17. The van der Waals surface area contributed by atoms with Crippen LogP contribution in [-0.4, -0.2) is 17.5 Å². The molecule has 2 aromatic rings. The van der Waals surface area contributed by atoms with Crippen LogP contribution >= 0.6 is 0 Å². The molecule has 0 aromatic heterocycles. The van der Waals surface area contributed by atoms with Crippen LogP contribution in [0.25, 0.3) is 0 Å². The Bertz CT molecular complexity index is 745. The number of fused-ring (bicyclic) bond motifs is 1. The minimum absolute atomic E-state index is 0.138. The molecule has 0 saturated carbocycles. The Morgan fingerprint density at radius 2 is 1.60 bits per heavy atom. The van der Waals surface area contributed by atoms with Crippen molar-refractivity contribution in [3.63, 3.8) is 0 Å². The van der Waals surface area contributed by atoms with Gasteiger partial charge in [0.05, 0.1) is 11.3 Å². The van der Waals surface area contributed by atoms with Gasteiger partial charge in [-0.15, -0.1) is 0 Å². The van der Waals surface area contributed by atoms with E-state index in [1.165, 1.54) is 6.07 Å². The van der Waals surface area contributed by atoms with Gasteiger partial charge in [0.1, 0.15) is 0 Å². The second kappa shape index (κ2) is 4.42. The standard InChI is InChI=1S/C16H11NO3/c1-9-2-4-10(5-3-9)14(18)11-6-7-12-13(8-11)17-16(20)15(12)19/h2-8H,1H3,(H,17,19,20). The zero-order chi connectivity index (χ0) is 14.3. The molecule has 1 amide bonds. The molecule has 0 aliphatic carbocycles. The Morgan fingerprint density at radius 1 is 0.950 bits per heavy atom. The topological polar surface area (TPSA) is 63.2 Å². The van der Waals surface area contributed by atoms with Gasteiger partial charge in [0.2, 0.25) is 0 Å². The molecule has 1 N–H and O–H groups in total. The van der Waals surface area contributed by atoms with E-state index < -0.39 is 11.7 Å². The van der Waals surface area contributed by atoms with Crippen molar-refractivity contribution in [1.29, 1.82) is 0 Å². The molecule has 0 atom stereocenters. The van der Waals surface area contributed by atoms with Gasteiger partial charge in [-0.05, 0) is 19.1 Å². The number of benzene rings is 2. The van der Waals surface area contributed by atoms with Gasteiger partial charge in [0.15, 0.2) is 5.78 Å². The maximum absolute atomic E-state index is 12.3. The van der Waals surface area contributed by atoms with Crippen molar-refractivity contribution in [2.75, 3.05) is 5.32 Å². The van der Waals surface area contributed by atoms with Crippen LogP contribution in [0.4, 0.5) is 5.69 Å². The third-order valence-corrected chi connectivity index (χ3v) is 3.29. The molecule has 1 aliphatic rings. The Kier molecular flexibility index (Phi) is 2.71. The number of nitrogens with one attached hydrogen (secondary N) is 1. The van der Waals surface area contributed by atoms with E-state index in [0.717, 1.165) is 5.56 Å². The molecular formula is C16H11NO3. The van der Waals surface area contributed by atoms with E-state index in [0.29, 0.717) is 22.4 Å². The van der Waals surface area contributed by atoms with Crippen molar-refractivity contribution >= 4 is 23.2 Å². The summed E-state index contributed by atoms with van der Waals surface area (Å²) in [5.74, 6) is -1.35. The quantitative estimate of drug-likeness (QED) is 0.669. The molecular weight excluding hydrogens is 254 g/mol. The first kappa shape index (κ1) is 12.3. The summed E-state index contributed by atoms with van der Waals surface area (Å²) >= 11 is 0. The number of anilines is 1. The van der Waals surface area contributed by atoms with Gasteiger partial charge in [-0.2, -0.15) is 0 Å². The summed E-state index contributed by atoms with van der Waals surface area (Å²) in [6, 6.07) is 11.9. The van der Waals surface area contributed by atoms with E-state index in [-0.39, 0.29) is 5.78 Å². The second-order valence-electron chi connectivity index (χ2n) is 4.74. The fourth-order valence-electron chi connectivity index (χ4n) is 2.16. The smallest absolute Gasteiger partial charge is 0.296 e. The SMILES string of the molecule is Cc1ccc(C(=O)c2ccc3c(c2)NC(=O)C3=O)cc1. The van der Waals surface area contributed by atoms with Crippen molar-refractivity contribution in [2.24, 2.45) is 0 Å². The molecule has 98 valence electrons. The number of amides is 1. The third kappa shape index (κ3) is 1.91. The van der Waals surface area contributed by atoms with Gasteiger partial charge in [-0.3, -0.25) is 14.4 Å². The summed E-state index contributed by atoms with van der Waals surface area (Å²) < 4.78 is 0.